The van der Waals surface area contributed by atoms with Crippen molar-refractivity contribution < 1.29 is 13.2 Å². The van der Waals surface area contributed by atoms with Crippen molar-refractivity contribution in [1.82, 2.24) is 10.2 Å². The molecule has 12 heteroatoms. The van der Waals surface area contributed by atoms with Crippen molar-refractivity contribution in [3.8, 4) is 0 Å². The molecule has 7 nitrogen and oxygen atoms in total. The molecule has 2 aromatic rings. The lowest BCUT2D eigenvalue weighted by Gasteiger charge is -2.22. The first-order chi connectivity index (χ1) is 12.6. The first kappa shape index (κ1) is 22.2. The highest BCUT2D eigenvalue weighted by molar-refractivity contribution is 8.01. The Kier molecular flexibility index (Phi) is 7.75. The Morgan fingerprint density at radius 1 is 1.33 bits per heavy atom. The maximum Gasteiger partial charge on any atom is 0.246 e. The minimum atomic E-state index is -3.76. The molecule has 0 aliphatic heterocycles. The van der Waals surface area contributed by atoms with Crippen molar-refractivity contribution in [1.29, 1.82) is 0 Å². The van der Waals surface area contributed by atoms with E-state index < -0.39 is 22.5 Å². The normalized spacial score (nSPS) is 11.6. The van der Waals surface area contributed by atoms with Gasteiger partial charge in [-0.15, -0.1) is 10.2 Å². The summed E-state index contributed by atoms with van der Waals surface area (Å²) in [5.74, 6) is 0.827. The van der Waals surface area contributed by atoms with Crippen molar-refractivity contribution in [2.45, 2.75) is 18.2 Å². The van der Waals surface area contributed by atoms with Crippen LogP contribution < -0.4 is 9.62 Å². The predicted octanol–water partition coefficient (Wildman–Crippen LogP) is 4.00. The zero-order valence-corrected chi connectivity index (χ0v) is 18.7. The minimum absolute atomic E-state index is 0.0562. The monoisotopic (exact) mass is 468 g/mol. The van der Waals surface area contributed by atoms with Gasteiger partial charge in [0.1, 0.15) is 6.54 Å². The lowest BCUT2D eigenvalue weighted by molar-refractivity contribution is -0.114. The largest absolute Gasteiger partial charge is 0.299 e. The van der Waals surface area contributed by atoms with Crippen LogP contribution in [0.15, 0.2) is 22.5 Å². The molecule has 0 spiro atoms. The Morgan fingerprint density at radius 2 is 2.04 bits per heavy atom. The first-order valence-electron chi connectivity index (χ1n) is 7.75. The number of benzene rings is 1. The highest BCUT2D eigenvalue weighted by Gasteiger charge is 2.24. The van der Waals surface area contributed by atoms with Gasteiger partial charge in [0.25, 0.3) is 0 Å². The van der Waals surface area contributed by atoms with Gasteiger partial charge in [-0.2, -0.15) is 0 Å². The fourth-order valence-corrected chi connectivity index (χ4v) is 4.97. The molecule has 0 saturated heterocycles. The Balaban J connectivity index is 2.12. The van der Waals surface area contributed by atoms with Gasteiger partial charge in [-0.3, -0.25) is 14.4 Å². The van der Waals surface area contributed by atoms with E-state index in [1.54, 1.807) is 17.8 Å². The van der Waals surface area contributed by atoms with Gasteiger partial charge in [-0.25, -0.2) is 8.42 Å². The molecule has 0 aliphatic rings. The Labute approximate surface area is 176 Å². The summed E-state index contributed by atoms with van der Waals surface area (Å²) in [6.07, 6.45) is 0.989. The second kappa shape index (κ2) is 9.42. The van der Waals surface area contributed by atoms with Gasteiger partial charge in [0.15, 0.2) is 4.34 Å². The molecule has 0 aliphatic carbocycles. The lowest BCUT2D eigenvalue weighted by Crippen LogP contribution is -2.37. The fourth-order valence-electron chi connectivity index (χ4n) is 1.91. The Hall–Kier alpha value is -1.07. The molecule has 0 bridgehead atoms. The van der Waals surface area contributed by atoms with Gasteiger partial charge in [0, 0.05) is 5.75 Å². The third-order valence-corrected chi connectivity index (χ3v) is 7.41. The third kappa shape index (κ3) is 6.49. The van der Waals surface area contributed by atoms with E-state index in [2.05, 4.69) is 29.4 Å². The van der Waals surface area contributed by atoms with Gasteiger partial charge >= 0.3 is 0 Å². The maximum atomic E-state index is 12.4. The number of carbonyl (C=O) groups excluding carboxylic acids is 1. The molecule has 0 fully saturated rings. The highest BCUT2D eigenvalue weighted by Crippen LogP contribution is 2.33. The van der Waals surface area contributed by atoms with E-state index in [1.807, 2.05) is 0 Å². The molecule has 1 N–H and O–H groups in total. The summed E-state index contributed by atoms with van der Waals surface area (Å²) in [5.41, 5.74) is 0.132. The second-order valence-electron chi connectivity index (χ2n) is 5.97. The van der Waals surface area contributed by atoms with Gasteiger partial charge in [0.2, 0.25) is 21.1 Å². The molecule has 0 atom stereocenters. The number of amides is 1. The third-order valence-electron chi connectivity index (χ3n) is 3.08. The van der Waals surface area contributed by atoms with Crippen molar-refractivity contribution in [2.75, 3.05) is 28.2 Å². The summed E-state index contributed by atoms with van der Waals surface area (Å²) in [4.78, 5) is 12.4. The van der Waals surface area contributed by atoms with Crippen molar-refractivity contribution >= 4 is 73.0 Å². The molecule has 1 heterocycles. The minimum Gasteiger partial charge on any atom is -0.299 e. The topological polar surface area (TPSA) is 92.3 Å². The summed E-state index contributed by atoms with van der Waals surface area (Å²) >= 11 is 14.8. The standard InChI is InChI=1S/C15H18Cl2N4O3S3/c1-9(2)8-25-15-20-19-14(26-15)18-12(22)7-21(27(3,23)24)11-6-4-5-10(16)13(11)17/h4-6,9H,7-8H2,1-3H3,(H,18,19,22). The predicted molar refractivity (Wildman–Crippen MR) is 113 cm³/mol. The van der Waals surface area contributed by atoms with E-state index >= 15 is 0 Å². The van der Waals surface area contributed by atoms with E-state index in [9.17, 15) is 13.2 Å². The van der Waals surface area contributed by atoms with Gasteiger partial charge in [0.05, 0.1) is 22.0 Å². The number of nitrogens with zero attached hydrogens (tertiary/aromatic N) is 3. The van der Waals surface area contributed by atoms with Gasteiger partial charge in [-0.05, 0) is 18.1 Å². The zero-order chi connectivity index (χ0) is 20.2. The van der Waals surface area contributed by atoms with E-state index in [0.29, 0.717) is 11.0 Å². The van der Waals surface area contributed by atoms with E-state index in [0.717, 1.165) is 20.7 Å². The highest BCUT2D eigenvalue weighted by atomic mass is 35.5. The number of nitrogens with one attached hydrogen (secondary N) is 1. The molecule has 0 unspecified atom stereocenters. The summed E-state index contributed by atoms with van der Waals surface area (Å²) in [6, 6.07) is 4.57. The smallest absolute Gasteiger partial charge is 0.246 e. The summed E-state index contributed by atoms with van der Waals surface area (Å²) < 4.78 is 25.9. The molecular formula is C15H18Cl2N4O3S3. The fraction of sp³-hybridized carbons (Fsp3) is 0.400. The number of anilines is 2. The zero-order valence-electron chi connectivity index (χ0n) is 14.8. The summed E-state index contributed by atoms with van der Waals surface area (Å²) in [6.45, 7) is 3.72. The van der Waals surface area contributed by atoms with E-state index in [1.165, 1.54) is 23.5 Å². The maximum absolute atomic E-state index is 12.4. The number of carbonyl (C=O) groups is 1. The molecule has 27 heavy (non-hydrogen) atoms. The Bertz CT molecular complexity index is 919. The molecule has 148 valence electrons. The molecular weight excluding hydrogens is 451 g/mol. The SMILES string of the molecule is CC(C)CSc1nnc(NC(=O)CN(c2cccc(Cl)c2Cl)S(C)(=O)=O)s1. The van der Waals surface area contributed by atoms with Crippen LogP contribution in [0.1, 0.15) is 13.8 Å². The number of thioether (sulfide) groups is 1. The van der Waals surface area contributed by atoms with Crippen LogP contribution in [-0.4, -0.2) is 43.1 Å². The van der Waals surface area contributed by atoms with Crippen LogP contribution in [0, 0.1) is 5.92 Å². The molecule has 0 saturated carbocycles. The molecule has 1 aromatic carbocycles. The van der Waals surface area contributed by atoms with Gasteiger partial charge in [-0.1, -0.05) is 66.2 Å². The van der Waals surface area contributed by atoms with Crippen LogP contribution in [-0.2, 0) is 14.8 Å². The van der Waals surface area contributed by atoms with Crippen LogP contribution in [0.4, 0.5) is 10.8 Å². The van der Waals surface area contributed by atoms with Crippen molar-refractivity contribution in [2.24, 2.45) is 5.92 Å². The number of sulfonamides is 1. The Morgan fingerprint density at radius 3 is 2.67 bits per heavy atom. The first-order valence-corrected chi connectivity index (χ1v) is 12.2. The van der Waals surface area contributed by atoms with Crippen LogP contribution >= 0.6 is 46.3 Å². The quantitative estimate of drug-likeness (QED) is 0.464. The lowest BCUT2D eigenvalue weighted by atomic mass is 10.3. The average molecular weight is 469 g/mol. The number of rotatable bonds is 8. The molecule has 1 amide bonds. The number of hydrogen-bond donors (Lipinski definition) is 1. The van der Waals surface area contributed by atoms with E-state index in [4.69, 9.17) is 23.2 Å². The van der Waals surface area contributed by atoms with Crippen LogP contribution in [0.2, 0.25) is 10.0 Å². The van der Waals surface area contributed by atoms with Crippen molar-refractivity contribution in [3.05, 3.63) is 28.2 Å². The van der Waals surface area contributed by atoms with Crippen LogP contribution in [0.5, 0.6) is 0 Å². The van der Waals surface area contributed by atoms with Crippen LogP contribution in [0.3, 0.4) is 0 Å². The summed E-state index contributed by atoms with van der Waals surface area (Å²) in [5, 5.41) is 11.0. The number of hydrogen-bond acceptors (Lipinski definition) is 7. The van der Waals surface area contributed by atoms with Crippen LogP contribution in [0.25, 0.3) is 0 Å². The molecule has 1 aromatic heterocycles. The van der Waals surface area contributed by atoms with Crippen molar-refractivity contribution in [3.63, 3.8) is 0 Å². The number of aromatic nitrogens is 2. The molecule has 0 radical (unpaired) electrons. The summed E-state index contributed by atoms with van der Waals surface area (Å²) in [7, 11) is -3.76. The second-order valence-corrected chi connectivity index (χ2v) is 10.9. The van der Waals surface area contributed by atoms with E-state index in [-0.39, 0.29) is 15.7 Å². The average Bonchev–Trinajstić information content (AvgIpc) is 3.00. The number of halogens is 2. The molecule has 2 rings (SSSR count). The van der Waals surface area contributed by atoms with Gasteiger partial charge < -0.3 is 0 Å².